The molecule has 3 aliphatic rings. The third kappa shape index (κ3) is 4.87. The minimum atomic E-state index is -2.75. The Kier molecular flexibility index (Phi) is 6.84. The molecule has 40 heavy (non-hydrogen) atoms. The number of pyridine rings is 1. The van der Waals surface area contributed by atoms with Gasteiger partial charge in [0.1, 0.15) is 11.8 Å². The lowest BCUT2D eigenvalue weighted by Gasteiger charge is -2.32. The van der Waals surface area contributed by atoms with Gasteiger partial charge in [-0.05, 0) is 39.3 Å². The van der Waals surface area contributed by atoms with Crippen LogP contribution in [0.2, 0.25) is 0 Å². The first kappa shape index (κ1) is 27.1. The Labute approximate surface area is 228 Å². The smallest absolute Gasteiger partial charge is 0.261 e. The maximum atomic E-state index is 15.1. The molecule has 4 atom stereocenters. The Balaban J connectivity index is 1.38. The highest BCUT2D eigenvalue weighted by Gasteiger charge is 2.43. The van der Waals surface area contributed by atoms with Crippen molar-refractivity contribution in [2.75, 3.05) is 25.0 Å². The van der Waals surface area contributed by atoms with Crippen molar-refractivity contribution in [2.24, 2.45) is 0 Å². The van der Waals surface area contributed by atoms with Crippen molar-refractivity contribution in [1.29, 1.82) is 0 Å². The van der Waals surface area contributed by atoms with Crippen molar-refractivity contribution in [3.63, 3.8) is 0 Å². The number of anilines is 1. The number of rotatable bonds is 6. The fourth-order valence-corrected chi connectivity index (χ4v) is 6.00. The average molecular weight is 560 g/mol. The Morgan fingerprint density at radius 1 is 1.30 bits per heavy atom. The molecule has 0 unspecified atom stereocenters. The van der Waals surface area contributed by atoms with E-state index in [0.717, 1.165) is 6.20 Å². The number of alkyl halides is 2. The molecule has 6 rings (SSSR count). The lowest BCUT2D eigenvalue weighted by Crippen LogP contribution is -2.48. The highest BCUT2D eigenvalue weighted by molar-refractivity contribution is 5.85. The van der Waals surface area contributed by atoms with Crippen molar-refractivity contribution < 1.29 is 27.8 Å². The SMILES string of the molecule is Cc1c(CN2CCC(F)(F)C2)n(C(C)C)c2cc(-c3nc(N[C@@H]4C[C@H]5CO[C@H](O5)[C@H]4O)ncc3F)ccc2c1=O. The molecule has 0 saturated carbocycles. The first-order valence-corrected chi connectivity index (χ1v) is 13.5. The van der Waals surface area contributed by atoms with Gasteiger partial charge >= 0.3 is 0 Å². The molecule has 3 aliphatic heterocycles. The van der Waals surface area contributed by atoms with E-state index in [9.17, 15) is 18.7 Å². The standard InChI is InChI=1S/C28H32F3N5O4/c1-14(2)36-21-8-16(4-5-18(21)24(37)15(3)22(36)11-35-7-6-28(30,31)13-35)23-19(29)10-32-27(34-23)33-20-9-17-12-39-26(40-17)25(20)38/h4-5,8,10,14,17,20,25-26,38H,6-7,9,11-13H2,1-3H3,(H,32,33,34)/t17-,20+,25-,26+/m0/s1. The van der Waals surface area contributed by atoms with E-state index in [-0.39, 0.29) is 55.3 Å². The number of nitrogens with zero attached hydrogens (tertiary/aromatic N) is 4. The first-order valence-electron chi connectivity index (χ1n) is 13.5. The van der Waals surface area contributed by atoms with Gasteiger partial charge < -0.3 is 24.5 Å². The summed E-state index contributed by atoms with van der Waals surface area (Å²) in [5, 5.41) is 14.1. The van der Waals surface area contributed by atoms with Gasteiger partial charge in [0, 0.05) is 47.8 Å². The van der Waals surface area contributed by atoms with Crippen LogP contribution >= 0.6 is 0 Å². The Morgan fingerprint density at radius 3 is 2.83 bits per heavy atom. The molecule has 12 heteroatoms. The lowest BCUT2D eigenvalue weighted by atomic mass is 10.0. The quantitative estimate of drug-likeness (QED) is 0.473. The molecule has 0 spiro atoms. The summed E-state index contributed by atoms with van der Waals surface area (Å²) < 4.78 is 55.9. The number of ether oxygens (including phenoxy) is 2. The molecule has 0 amide bonds. The van der Waals surface area contributed by atoms with Gasteiger partial charge in [-0.15, -0.1) is 0 Å². The number of benzene rings is 1. The zero-order chi connectivity index (χ0) is 28.3. The van der Waals surface area contributed by atoms with Crippen molar-refractivity contribution in [1.82, 2.24) is 19.4 Å². The Hall–Kier alpha value is -3.06. The van der Waals surface area contributed by atoms with E-state index in [2.05, 4.69) is 15.3 Å². The summed E-state index contributed by atoms with van der Waals surface area (Å²) in [5.41, 5.74) is 2.03. The zero-order valence-corrected chi connectivity index (χ0v) is 22.5. The number of aliphatic hydroxyl groups is 1. The predicted octanol–water partition coefficient (Wildman–Crippen LogP) is 3.61. The summed E-state index contributed by atoms with van der Waals surface area (Å²) in [5.74, 6) is -3.25. The topological polar surface area (TPSA) is 102 Å². The summed E-state index contributed by atoms with van der Waals surface area (Å²) in [7, 11) is 0. The largest absolute Gasteiger partial charge is 0.386 e. The molecular formula is C28H32F3N5O4. The number of hydrogen-bond acceptors (Lipinski definition) is 8. The monoisotopic (exact) mass is 559 g/mol. The van der Waals surface area contributed by atoms with Crippen LogP contribution in [-0.4, -0.2) is 74.7 Å². The van der Waals surface area contributed by atoms with Crippen LogP contribution in [0, 0.1) is 12.7 Å². The fraction of sp³-hybridized carbons (Fsp3) is 0.536. The lowest BCUT2D eigenvalue weighted by molar-refractivity contribution is -0.156. The van der Waals surface area contributed by atoms with Gasteiger partial charge in [-0.25, -0.2) is 23.1 Å². The molecule has 5 heterocycles. The molecular weight excluding hydrogens is 527 g/mol. The number of hydrogen-bond donors (Lipinski definition) is 2. The van der Waals surface area contributed by atoms with Crippen LogP contribution in [-0.2, 0) is 16.0 Å². The van der Waals surface area contributed by atoms with Crippen molar-refractivity contribution in [3.8, 4) is 11.3 Å². The number of aromatic nitrogens is 3. The average Bonchev–Trinajstić information content (AvgIpc) is 3.48. The van der Waals surface area contributed by atoms with Crippen molar-refractivity contribution in [3.05, 3.63) is 51.7 Å². The molecule has 3 saturated heterocycles. The van der Waals surface area contributed by atoms with Crippen LogP contribution in [0.25, 0.3) is 22.2 Å². The predicted molar refractivity (Wildman–Crippen MR) is 142 cm³/mol. The van der Waals surface area contributed by atoms with Gasteiger partial charge in [-0.2, -0.15) is 0 Å². The van der Waals surface area contributed by atoms with E-state index < -0.39 is 30.2 Å². The molecule has 0 radical (unpaired) electrons. The summed E-state index contributed by atoms with van der Waals surface area (Å²) in [4.78, 5) is 23.5. The van der Waals surface area contributed by atoms with E-state index in [4.69, 9.17) is 9.47 Å². The van der Waals surface area contributed by atoms with Gasteiger partial charge in [0.15, 0.2) is 17.5 Å². The molecule has 2 N–H and O–H groups in total. The van der Waals surface area contributed by atoms with E-state index in [1.165, 1.54) is 0 Å². The number of fused-ring (bicyclic) bond motifs is 3. The maximum Gasteiger partial charge on any atom is 0.261 e. The van der Waals surface area contributed by atoms with Crippen LogP contribution in [0.3, 0.4) is 0 Å². The molecule has 0 aliphatic carbocycles. The maximum absolute atomic E-state index is 15.1. The highest BCUT2D eigenvalue weighted by atomic mass is 19.3. The number of likely N-dealkylation sites (tertiary alicyclic amines) is 1. The van der Waals surface area contributed by atoms with E-state index in [1.54, 1.807) is 30.0 Å². The zero-order valence-electron chi connectivity index (χ0n) is 22.5. The second-order valence-corrected chi connectivity index (χ2v) is 11.2. The second-order valence-electron chi connectivity index (χ2n) is 11.2. The van der Waals surface area contributed by atoms with Crippen LogP contribution in [0.15, 0.2) is 29.2 Å². The van der Waals surface area contributed by atoms with Crippen LogP contribution < -0.4 is 10.7 Å². The number of aliphatic hydroxyl groups excluding tert-OH is 1. The molecule has 9 nitrogen and oxygen atoms in total. The minimum Gasteiger partial charge on any atom is -0.386 e. The van der Waals surface area contributed by atoms with E-state index >= 15 is 4.39 Å². The third-order valence-corrected chi connectivity index (χ3v) is 8.02. The van der Waals surface area contributed by atoms with E-state index in [0.29, 0.717) is 40.8 Å². The fourth-order valence-electron chi connectivity index (χ4n) is 6.00. The molecule has 3 aromatic rings. The van der Waals surface area contributed by atoms with Crippen molar-refractivity contribution in [2.45, 2.75) is 76.7 Å². The van der Waals surface area contributed by atoms with Crippen LogP contribution in [0.4, 0.5) is 19.1 Å². The highest BCUT2D eigenvalue weighted by Crippen LogP contribution is 2.33. The van der Waals surface area contributed by atoms with Crippen LogP contribution in [0.1, 0.15) is 44.0 Å². The van der Waals surface area contributed by atoms with Gasteiger partial charge in [0.25, 0.3) is 5.92 Å². The van der Waals surface area contributed by atoms with Crippen molar-refractivity contribution >= 4 is 16.9 Å². The summed E-state index contributed by atoms with van der Waals surface area (Å²) in [6, 6.07) is 4.47. The second kappa shape index (κ2) is 10.1. The number of nitrogens with one attached hydrogen (secondary N) is 1. The van der Waals surface area contributed by atoms with Gasteiger partial charge in [0.05, 0.1) is 37.0 Å². The third-order valence-electron chi connectivity index (χ3n) is 8.02. The Bertz CT molecular complexity index is 1510. The first-order chi connectivity index (χ1) is 19.0. The van der Waals surface area contributed by atoms with E-state index in [1.807, 2.05) is 18.4 Å². The normalized spacial score (nSPS) is 26.2. The van der Waals surface area contributed by atoms with Gasteiger partial charge in [0.2, 0.25) is 5.95 Å². The molecule has 214 valence electrons. The molecule has 2 bridgehead atoms. The minimum absolute atomic E-state index is 0.0317. The summed E-state index contributed by atoms with van der Waals surface area (Å²) in [6.45, 7) is 6.14. The molecule has 2 aromatic heterocycles. The summed E-state index contributed by atoms with van der Waals surface area (Å²) in [6.07, 6.45) is -0.477. The summed E-state index contributed by atoms with van der Waals surface area (Å²) >= 11 is 0. The van der Waals surface area contributed by atoms with Gasteiger partial charge in [-0.1, -0.05) is 6.07 Å². The molecule has 1 aromatic carbocycles. The van der Waals surface area contributed by atoms with Crippen LogP contribution in [0.5, 0.6) is 0 Å². The number of halogens is 3. The van der Waals surface area contributed by atoms with Gasteiger partial charge in [-0.3, -0.25) is 9.69 Å². The molecule has 3 fully saturated rings. The Morgan fingerprint density at radius 2 is 2.10 bits per heavy atom.